The highest BCUT2D eigenvalue weighted by molar-refractivity contribution is 6.32. The van der Waals surface area contributed by atoms with E-state index in [1.54, 1.807) is 18.2 Å². The monoisotopic (exact) mass is 413 g/mol. The fourth-order valence-electron chi connectivity index (χ4n) is 3.17. The molecule has 7 heteroatoms. The highest BCUT2D eigenvalue weighted by Gasteiger charge is 2.28. The van der Waals surface area contributed by atoms with Gasteiger partial charge in [-0.1, -0.05) is 30.3 Å². The first-order valence-electron chi connectivity index (χ1n) is 9.64. The van der Waals surface area contributed by atoms with Gasteiger partial charge >= 0.3 is 0 Å². The molecular weight excluding hydrogens is 394 g/mol. The number of nitro groups is 1. The predicted molar refractivity (Wildman–Crippen MR) is 119 cm³/mol. The topological polar surface area (TPSA) is 85.0 Å². The summed E-state index contributed by atoms with van der Waals surface area (Å²) in [6, 6.07) is 22.9. The molecule has 1 amide bonds. The van der Waals surface area contributed by atoms with Gasteiger partial charge < -0.3 is 4.74 Å². The molecule has 0 unspecified atom stereocenters. The smallest absolute Gasteiger partial charge is 0.280 e. The van der Waals surface area contributed by atoms with Gasteiger partial charge in [0.05, 0.1) is 21.9 Å². The third-order valence-electron chi connectivity index (χ3n) is 4.79. The van der Waals surface area contributed by atoms with Gasteiger partial charge in [-0.25, -0.2) is 0 Å². The number of carbonyl (C=O) groups is 1. The van der Waals surface area contributed by atoms with E-state index < -0.39 is 4.92 Å². The number of nitrogens with zero attached hydrogens (tertiary/aromatic N) is 3. The van der Waals surface area contributed by atoms with Crippen molar-refractivity contribution in [2.45, 2.75) is 13.5 Å². The molecule has 0 radical (unpaired) electrons. The zero-order valence-electron chi connectivity index (χ0n) is 16.8. The molecule has 0 aliphatic carbocycles. The molecule has 1 aliphatic rings. The number of benzene rings is 3. The molecule has 1 heterocycles. The first kappa shape index (κ1) is 20.0. The zero-order valence-corrected chi connectivity index (χ0v) is 16.8. The number of ether oxygens (including phenoxy) is 1. The van der Waals surface area contributed by atoms with E-state index in [4.69, 9.17) is 4.74 Å². The third-order valence-corrected chi connectivity index (χ3v) is 4.79. The van der Waals surface area contributed by atoms with Gasteiger partial charge in [0.1, 0.15) is 12.4 Å². The minimum atomic E-state index is -0.434. The van der Waals surface area contributed by atoms with Crippen molar-refractivity contribution in [2.24, 2.45) is 5.10 Å². The van der Waals surface area contributed by atoms with Crippen LogP contribution in [0, 0.1) is 10.1 Å². The van der Waals surface area contributed by atoms with E-state index in [-0.39, 0.29) is 18.2 Å². The van der Waals surface area contributed by atoms with Crippen LogP contribution in [-0.4, -0.2) is 16.5 Å². The summed E-state index contributed by atoms with van der Waals surface area (Å²) in [5.41, 5.74) is 3.56. The lowest BCUT2D eigenvalue weighted by Crippen LogP contribution is -2.21. The zero-order chi connectivity index (χ0) is 21.8. The van der Waals surface area contributed by atoms with E-state index >= 15 is 0 Å². The van der Waals surface area contributed by atoms with Crippen molar-refractivity contribution in [2.75, 3.05) is 5.01 Å². The average molecular weight is 413 g/mol. The van der Waals surface area contributed by atoms with E-state index in [2.05, 4.69) is 5.10 Å². The van der Waals surface area contributed by atoms with Crippen LogP contribution < -0.4 is 9.75 Å². The largest absolute Gasteiger partial charge is 0.489 e. The van der Waals surface area contributed by atoms with Crippen molar-refractivity contribution < 1.29 is 14.5 Å². The van der Waals surface area contributed by atoms with Crippen LogP contribution in [0.5, 0.6) is 5.75 Å². The Balaban J connectivity index is 1.48. The number of nitro benzene ring substituents is 1. The Hall–Kier alpha value is -4.26. The molecular formula is C24H19N3O4. The highest BCUT2D eigenvalue weighted by Crippen LogP contribution is 2.25. The molecule has 3 aromatic carbocycles. The number of hydrogen-bond donors (Lipinski definition) is 0. The van der Waals surface area contributed by atoms with E-state index in [0.29, 0.717) is 17.0 Å². The molecule has 0 aromatic heterocycles. The molecule has 0 bridgehead atoms. The fraction of sp³-hybridized carbons (Fsp3) is 0.0833. The summed E-state index contributed by atoms with van der Waals surface area (Å²) in [7, 11) is 0. The summed E-state index contributed by atoms with van der Waals surface area (Å²) < 4.78 is 5.82. The summed E-state index contributed by atoms with van der Waals surface area (Å²) in [6.07, 6.45) is 1.79. The quantitative estimate of drug-likeness (QED) is 0.324. The average Bonchev–Trinajstić information content (AvgIpc) is 3.07. The van der Waals surface area contributed by atoms with Crippen LogP contribution in [0.25, 0.3) is 6.08 Å². The van der Waals surface area contributed by atoms with Gasteiger partial charge in [0, 0.05) is 12.1 Å². The van der Waals surface area contributed by atoms with E-state index in [1.165, 1.54) is 17.1 Å². The first-order chi connectivity index (χ1) is 15.0. The minimum absolute atomic E-state index is 0.0418. The van der Waals surface area contributed by atoms with Crippen LogP contribution in [0.1, 0.15) is 18.1 Å². The second kappa shape index (κ2) is 8.62. The van der Waals surface area contributed by atoms with Gasteiger partial charge in [0.15, 0.2) is 0 Å². The van der Waals surface area contributed by atoms with Gasteiger partial charge in [0.2, 0.25) is 0 Å². The van der Waals surface area contributed by atoms with Gasteiger partial charge in [-0.3, -0.25) is 14.9 Å². The lowest BCUT2D eigenvalue weighted by atomic mass is 10.1. The van der Waals surface area contributed by atoms with Crippen LogP contribution in [-0.2, 0) is 11.4 Å². The van der Waals surface area contributed by atoms with Crippen LogP contribution in [0.2, 0.25) is 0 Å². The van der Waals surface area contributed by atoms with Crippen molar-refractivity contribution in [3.05, 3.63) is 106 Å². The summed E-state index contributed by atoms with van der Waals surface area (Å²) in [5.74, 6) is 0.452. The molecule has 154 valence electrons. The van der Waals surface area contributed by atoms with E-state index in [1.807, 2.05) is 61.5 Å². The van der Waals surface area contributed by atoms with Gasteiger partial charge in [-0.05, 0) is 60.5 Å². The molecule has 0 saturated carbocycles. The number of hydrogen-bond acceptors (Lipinski definition) is 5. The maximum absolute atomic E-state index is 12.9. The standard InChI is InChI=1S/C24H19N3O4/c1-17-23(24(28)26(25-17)20-7-3-2-4-8-20)15-19-6-5-9-22(14-19)31-16-18-10-12-21(13-11-18)27(29)30/h2-15H,16H2,1H3/b23-15+. The number of carbonyl (C=O) groups excluding carboxylic acids is 1. The maximum Gasteiger partial charge on any atom is 0.280 e. The molecule has 4 rings (SSSR count). The number of non-ortho nitro benzene ring substituents is 1. The number of para-hydroxylation sites is 1. The van der Waals surface area contributed by atoms with Crippen molar-refractivity contribution in [1.82, 2.24) is 0 Å². The minimum Gasteiger partial charge on any atom is -0.489 e. The normalized spacial score (nSPS) is 14.6. The molecule has 0 atom stereocenters. The van der Waals surface area contributed by atoms with Crippen molar-refractivity contribution in [3.63, 3.8) is 0 Å². The van der Waals surface area contributed by atoms with Crippen LogP contribution in [0.15, 0.2) is 89.5 Å². The molecule has 31 heavy (non-hydrogen) atoms. The number of anilines is 1. The molecule has 3 aromatic rings. The first-order valence-corrected chi connectivity index (χ1v) is 9.64. The second-order valence-corrected chi connectivity index (χ2v) is 6.98. The van der Waals surface area contributed by atoms with Gasteiger partial charge in [-0.15, -0.1) is 0 Å². The van der Waals surface area contributed by atoms with Crippen molar-refractivity contribution >= 4 is 29.1 Å². The molecule has 0 fully saturated rings. The van der Waals surface area contributed by atoms with E-state index in [0.717, 1.165) is 16.8 Å². The Morgan fingerprint density at radius 3 is 2.48 bits per heavy atom. The highest BCUT2D eigenvalue weighted by atomic mass is 16.6. The maximum atomic E-state index is 12.9. The lowest BCUT2D eigenvalue weighted by Gasteiger charge is -2.11. The van der Waals surface area contributed by atoms with Crippen LogP contribution in [0.3, 0.4) is 0 Å². The summed E-state index contributed by atoms with van der Waals surface area (Å²) in [6.45, 7) is 2.08. The van der Waals surface area contributed by atoms with Crippen LogP contribution >= 0.6 is 0 Å². The number of rotatable bonds is 6. The summed E-state index contributed by atoms with van der Waals surface area (Å²) in [5, 5.41) is 16.5. The Kier molecular flexibility index (Phi) is 5.57. The summed E-state index contributed by atoms with van der Waals surface area (Å²) in [4.78, 5) is 23.2. The SMILES string of the molecule is CC1=NN(c2ccccc2)C(=O)/C1=C/c1cccc(OCc2ccc([N+](=O)[O-])cc2)c1. The van der Waals surface area contributed by atoms with Gasteiger partial charge in [0.25, 0.3) is 11.6 Å². The summed E-state index contributed by atoms with van der Waals surface area (Å²) >= 11 is 0. The second-order valence-electron chi connectivity index (χ2n) is 6.98. The molecule has 0 saturated heterocycles. The van der Waals surface area contributed by atoms with Gasteiger partial charge in [-0.2, -0.15) is 10.1 Å². The molecule has 1 aliphatic heterocycles. The van der Waals surface area contributed by atoms with Crippen molar-refractivity contribution in [1.29, 1.82) is 0 Å². The third kappa shape index (κ3) is 4.51. The Morgan fingerprint density at radius 2 is 1.77 bits per heavy atom. The van der Waals surface area contributed by atoms with Crippen molar-refractivity contribution in [3.8, 4) is 5.75 Å². The lowest BCUT2D eigenvalue weighted by molar-refractivity contribution is -0.384. The molecule has 7 nitrogen and oxygen atoms in total. The molecule has 0 spiro atoms. The fourth-order valence-corrected chi connectivity index (χ4v) is 3.17. The number of hydrazone groups is 1. The Labute approximate surface area is 179 Å². The molecule has 0 N–H and O–H groups in total. The Morgan fingerprint density at radius 1 is 1.03 bits per heavy atom. The predicted octanol–water partition coefficient (Wildman–Crippen LogP) is 4.98. The van der Waals surface area contributed by atoms with Crippen LogP contribution in [0.4, 0.5) is 11.4 Å². The number of amides is 1. The Bertz CT molecular complexity index is 1180. The van der Waals surface area contributed by atoms with E-state index in [9.17, 15) is 14.9 Å².